The van der Waals surface area contributed by atoms with E-state index in [4.69, 9.17) is 4.74 Å². The van der Waals surface area contributed by atoms with E-state index in [0.717, 1.165) is 0 Å². The van der Waals surface area contributed by atoms with E-state index >= 15 is 0 Å². The molecule has 4 unspecified atom stereocenters. The van der Waals surface area contributed by atoms with Crippen LogP contribution in [0.2, 0.25) is 0 Å². The van der Waals surface area contributed by atoms with Gasteiger partial charge in [-0.1, -0.05) is 41.5 Å². The number of rotatable bonds is 2. The van der Waals surface area contributed by atoms with E-state index < -0.39 is 0 Å². The molecule has 2 saturated carbocycles. The lowest BCUT2D eigenvalue weighted by Gasteiger charge is -2.05. The molecule has 0 aromatic rings. The van der Waals surface area contributed by atoms with Gasteiger partial charge in [-0.15, -0.1) is 0 Å². The van der Waals surface area contributed by atoms with Crippen molar-refractivity contribution in [2.45, 2.75) is 41.5 Å². The zero-order valence-corrected chi connectivity index (χ0v) is 11.5. The fourth-order valence-electron chi connectivity index (χ4n) is 3.03. The monoisotopic (exact) mass is 238 g/mol. The highest BCUT2D eigenvalue weighted by atomic mass is 16.6. The van der Waals surface area contributed by atoms with Crippen LogP contribution in [0, 0.1) is 34.5 Å². The van der Waals surface area contributed by atoms with Crippen LogP contribution in [0.4, 0.5) is 0 Å². The van der Waals surface area contributed by atoms with Crippen LogP contribution in [-0.2, 0) is 14.3 Å². The Morgan fingerprint density at radius 2 is 1.06 bits per heavy atom. The van der Waals surface area contributed by atoms with Gasteiger partial charge in [0.1, 0.15) is 0 Å². The van der Waals surface area contributed by atoms with Crippen LogP contribution in [-0.4, -0.2) is 11.9 Å². The van der Waals surface area contributed by atoms with Gasteiger partial charge in [0.25, 0.3) is 0 Å². The van der Waals surface area contributed by atoms with Crippen molar-refractivity contribution >= 4 is 11.9 Å². The molecule has 0 radical (unpaired) electrons. The van der Waals surface area contributed by atoms with Crippen LogP contribution in [0.1, 0.15) is 41.5 Å². The molecule has 0 aliphatic heterocycles. The summed E-state index contributed by atoms with van der Waals surface area (Å²) in [6.07, 6.45) is 0. The minimum absolute atomic E-state index is 0.0119. The van der Waals surface area contributed by atoms with E-state index in [1.54, 1.807) is 0 Å². The predicted octanol–water partition coefficient (Wildman–Crippen LogP) is 2.64. The number of ether oxygens (including phenoxy) is 1. The summed E-state index contributed by atoms with van der Waals surface area (Å²) < 4.78 is 5.03. The average Bonchev–Trinajstić information content (AvgIpc) is 2.84. The summed E-state index contributed by atoms with van der Waals surface area (Å²) >= 11 is 0. The third kappa shape index (κ3) is 1.71. The number of carbonyl (C=O) groups excluding carboxylic acids is 2. The number of hydrogen-bond acceptors (Lipinski definition) is 3. The molecule has 0 amide bonds. The molecule has 0 bridgehead atoms. The van der Waals surface area contributed by atoms with Crippen molar-refractivity contribution in [1.82, 2.24) is 0 Å². The summed E-state index contributed by atoms with van der Waals surface area (Å²) in [4.78, 5) is 23.7. The molecule has 0 spiro atoms. The predicted molar refractivity (Wildman–Crippen MR) is 64.0 cm³/mol. The minimum Gasteiger partial charge on any atom is -0.393 e. The maximum atomic E-state index is 11.8. The van der Waals surface area contributed by atoms with Crippen molar-refractivity contribution in [3.05, 3.63) is 0 Å². The molecule has 3 nitrogen and oxygen atoms in total. The molecular formula is C14H22O3. The molecule has 0 N–H and O–H groups in total. The Balaban J connectivity index is 1.92. The lowest BCUT2D eigenvalue weighted by atomic mass is 10.1. The number of esters is 2. The highest BCUT2D eigenvalue weighted by Gasteiger charge is 2.63. The van der Waals surface area contributed by atoms with Crippen molar-refractivity contribution in [3.8, 4) is 0 Å². The largest absolute Gasteiger partial charge is 0.393 e. The highest BCUT2D eigenvalue weighted by molar-refractivity contribution is 5.91. The van der Waals surface area contributed by atoms with Crippen molar-refractivity contribution < 1.29 is 14.3 Å². The van der Waals surface area contributed by atoms with Gasteiger partial charge in [0, 0.05) is 0 Å². The summed E-state index contributed by atoms with van der Waals surface area (Å²) in [7, 11) is 0. The first kappa shape index (κ1) is 12.6. The van der Waals surface area contributed by atoms with Crippen LogP contribution in [0.15, 0.2) is 0 Å². The smallest absolute Gasteiger partial charge is 0.317 e. The van der Waals surface area contributed by atoms with E-state index in [0.29, 0.717) is 11.8 Å². The summed E-state index contributed by atoms with van der Waals surface area (Å²) in [5, 5.41) is 0. The topological polar surface area (TPSA) is 43.4 Å². The molecule has 3 heteroatoms. The Kier molecular flexibility index (Phi) is 2.47. The fourth-order valence-corrected chi connectivity index (χ4v) is 3.03. The van der Waals surface area contributed by atoms with Gasteiger partial charge in [-0.2, -0.15) is 0 Å². The second kappa shape index (κ2) is 3.33. The van der Waals surface area contributed by atoms with Crippen LogP contribution in [0.5, 0.6) is 0 Å². The maximum absolute atomic E-state index is 11.8. The van der Waals surface area contributed by atoms with E-state index in [1.807, 2.05) is 41.5 Å². The van der Waals surface area contributed by atoms with Gasteiger partial charge in [-0.3, -0.25) is 9.59 Å². The molecule has 0 heterocycles. The molecule has 96 valence electrons. The van der Waals surface area contributed by atoms with Crippen LogP contribution in [0.3, 0.4) is 0 Å². The molecule has 0 aromatic heterocycles. The Hall–Kier alpha value is -0.860. The highest BCUT2D eigenvalue weighted by Crippen LogP contribution is 2.60. The third-order valence-electron chi connectivity index (χ3n) is 5.44. The summed E-state index contributed by atoms with van der Waals surface area (Å²) in [5.74, 6) is -0.253. The first-order valence-electron chi connectivity index (χ1n) is 6.37. The van der Waals surface area contributed by atoms with E-state index in [1.165, 1.54) is 0 Å². The fraction of sp³-hybridized carbons (Fsp3) is 0.857. The molecular weight excluding hydrogens is 216 g/mol. The Morgan fingerprint density at radius 1 is 0.824 bits per heavy atom. The zero-order valence-electron chi connectivity index (χ0n) is 11.5. The quantitative estimate of drug-likeness (QED) is 0.548. The Bertz CT molecular complexity index is 345. The van der Waals surface area contributed by atoms with E-state index in [-0.39, 0.29) is 34.6 Å². The molecule has 17 heavy (non-hydrogen) atoms. The molecule has 2 aliphatic carbocycles. The first-order chi connectivity index (χ1) is 7.61. The number of hydrogen-bond donors (Lipinski definition) is 0. The lowest BCUT2D eigenvalue weighted by molar-refractivity contribution is -0.162. The molecule has 0 saturated heterocycles. The minimum atomic E-state index is -0.331. The molecule has 2 rings (SSSR count). The van der Waals surface area contributed by atoms with Gasteiger partial charge in [-0.05, 0) is 22.7 Å². The van der Waals surface area contributed by atoms with Gasteiger partial charge in [0.15, 0.2) is 0 Å². The van der Waals surface area contributed by atoms with Crippen LogP contribution < -0.4 is 0 Å². The normalized spacial score (nSPS) is 40.6. The van der Waals surface area contributed by atoms with Gasteiger partial charge in [0.2, 0.25) is 0 Å². The van der Waals surface area contributed by atoms with E-state index in [9.17, 15) is 9.59 Å². The van der Waals surface area contributed by atoms with Crippen molar-refractivity contribution in [3.63, 3.8) is 0 Å². The molecule has 0 aromatic carbocycles. The van der Waals surface area contributed by atoms with Crippen molar-refractivity contribution in [1.29, 1.82) is 0 Å². The van der Waals surface area contributed by atoms with Gasteiger partial charge < -0.3 is 4.74 Å². The molecule has 2 fully saturated rings. The SMILES string of the molecule is CC1C(C(=O)OC(=O)C2C(C)C2(C)C)C1(C)C. The van der Waals surface area contributed by atoms with Gasteiger partial charge in [-0.25, -0.2) is 0 Å². The summed E-state index contributed by atoms with van der Waals surface area (Å²) in [6, 6.07) is 0. The molecule has 2 aliphatic rings. The van der Waals surface area contributed by atoms with Gasteiger partial charge in [0.05, 0.1) is 11.8 Å². The van der Waals surface area contributed by atoms with Crippen molar-refractivity contribution in [2.24, 2.45) is 34.5 Å². The number of carbonyl (C=O) groups is 2. The summed E-state index contributed by atoms with van der Waals surface area (Å²) in [6.45, 7) is 12.2. The maximum Gasteiger partial charge on any atom is 0.317 e. The Labute approximate surface area is 103 Å². The summed E-state index contributed by atoms with van der Waals surface area (Å²) in [5.41, 5.74) is -0.0237. The third-order valence-corrected chi connectivity index (χ3v) is 5.44. The molecule has 4 atom stereocenters. The Morgan fingerprint density at radius 3 is 1.24 bits per heavy atom. The first-order valence-corrected chi connectivity index (χ1v) is 6.37. The van der Waals surface area contributed by atoms with Crippen LogP contribution in [0.25, 0.3) is 0 Å². The lowest BCUT2D eigenvalue weighted by Crippen LogP contribution is -2.19. The second-order valence-corrected chi connectivity index (χ2v) is 6.92. The van der Waals surface area contributed by atoms with Crippen LogP contribution >= 0.6 is 0 Å². The second-order valence-electron chi connectivity index (χ2n) is 6.92. The standard InChI is InChI=1S/C14H22O3/c1-7-9(13(7,3)4)11(15)17-12(16)10-8(2)14(10,5)6/h7-10H,1-6H3. The average molecular weight is 238 g/mol. The zero-order chi connectivity index (χ0) is 13.2. The van der Waals surface area contributed by atoms with E-state index in [2.05, 4.69) is 0 Å². The van der Waals surface area contributed by atoms with Crippen molar-refractivity contribution in [2.75, 3.05) is 0 Å². The van der Waals surface area contributed by atoms with Gasteiger partial charge >= 0.3 is 11.9 Å².